The molecule has 3 heteroatoms. The summed E-state index contributed by atoms with van der Waals surface area (Å²) in [4.78, 5) is 2.12. The fraction of sp³-hybridized carbons (Fsp3) is 0.625. The van der Waals surface area contributed by atoms with Gasteiger partial charge in [0.15, 0.2) is 0 Å². The molecule has 1 aliphatic rings. The highest BCUT2D eigenvalue weighted by atomic mass is 19.1. The maximum Gasteiger partial charge on any atom is 0.146 e. The lowest BCUT2D eigenvalue weighted by molar-refractivity contribution is 0.513. The minimum atomic E-state index is -0.117. The van der Waals surface area contributed by atoms with E-state index in [-0.39, 0.29) is 5.82 Å². The Bertz CT molecular complexity index is 375. The van der Waals surface area contributed by atoms with E-state index in [1.165, 1.54) is 31.7 Å². The van der Waals surface area contributed by atoms with Gasteiger partial charge in [-0.25, -0.2) is 4.39 Å². The first-order chi connectivity index (χ1) is 9.31. The molecule has 0 bridgehead atoms. The van der Waals surface area contributed by atoms with Crippen LogP contribution in [-0.2, 0) is 0 Å². The third-order valence-corrected chi connectivity index (χ3v) is 3.97. The van der Waals surface area contributed by atoms with E-state index in [0.717, 1.165) is 37.8 Å². The van der Waals surface area contributed by atoms with Gasteiger partial charge in [0.1, 0.15) is 5.82 Å². The third-order valence-electron chi connectivity index (χ3n) is 3.97. The Morgan fingerprint density at radius 1 is 1.26 bits per heavy atom. The van der Waals surface area contributed by atoms with E-state index >= 15 is 0 Å². The molecule has 1 aromatic rings. The molecule has 1 aromatic carbocycles. The Labute approximate surface area is 116 Å². The van der Waals surface area contributed by atoms with E-state index in [1.807, 2.05) is 12.1 Å². The zero-order chi connectivity index (χ0) is 13.5. The van der Waals surface area contributed by atoms with E-state index in [9.17, 15) is 4.39 Å². The maximum absolute atomic E-state index is 13.7. The van der Waals surface area contributed by atoms with Crippen LogP contribution in [0.2, 0.25) is 0 Å². The molecule has 0 unspecified atom stereocenters. The van der Waals surface area contributed by atoms with E-state index in [1.54, 1.807) is 6.07 Å². The second-order valence-corrected chi connectivity index (χ2v) is 5.32. The van der Waals surface area contributed by atoms with Crippen LogP contribution in [0.4, 0.5) is 10.1 Å². The molecule has 0 saturated heterocycles. The van der Waals surface area contributed by atoms with Gasteiger partial charge in [-0.2, -0.15) is 0 Å². The van der Waals surface area contributed by atoms with Gasteiger partial charge in [0.25, 0.3) is 0 Å². The van der Waals surface area contributed by atoms with Gasteiger partial charge >= 0.3 is 0 Å². The summed E-state index contributed by atoms with van der Waals surface area (Å²) in [5.74, 6) is -0.117. The zero-order valence-corrected chi connectivity index (χ0v) is 11.9. The highest BCUT2D eigenvalue weighted by Gasteiger charge is 2.14. The topological polar surface area (TPSA) is 15.3 Å². The fourth-order valence-electron chi connectivity index (χ4n) is 2.86. The molecule has 0 spiro atoms. The Hall–Kier alpha value is -1.09. The quantitative estimate of drug-likeness (QED) is 0.757. The number of nitrogens with zero attached hydrogens (tertiary/aromatic N) is 1. The monoisotopic (exact) mass is 264 g/mol. The van der Waals surface area contributed by atoms with Gasteiger partial charge in [-0.05, 0) is 44.9 Å². The van der Waals surface area contributed by atoms with Crippen molar-refractivity contribution in [1.82, 2.24) is 5.32 Å². The van der Waals surface area contributed by atoms with Gasteiger partial charge in [-0.1, -0.05) is 25.0 Å². The second kappa shape index (κ2) is 7.49. The van der Waals surface area contributed by atoms with Crippen LogP contribution >= 0.6 is 0 Å². The molecule has 1 N–H and O–H groups in total. The molecule has 0 aliphatic heterocycles. The van der Waals surface area contributed by atoms with Gasteiger partial charge in [0.2, 0.25) is 0 Å². The molecule has 1 fully saturated rings. The standard InChI is InChI=1S/C16H25FN2/c1-2-19(16-11-6-5-10-15(16)17)13-7-12-18-14-8-3-4-9-14/h5-6,10-11,14,18H,2-4,7-9,12-13H2,1H3. The Morgan fingerprint density at radius 2 is 2.00 bits per heavy atom. The zero-order valence-electron chi connectivity index (χ0n) is 11.9. The average molecular weight is 264 g/mol. The van der Waals surface area contributed by atoms with Crippen molar-refractivity contribution in [1.29, 1.82) is 0 Å². The molecule has 0 amide bonds. The lowest BCUT2D eigenvalue weighted by atomic mass is 10.2. The van der Waals surface area contributed by atoms with Gasteiger partial charge < -0.3 is 10.2 Å². The van der Waals surface area contributed by atoms with Crippen LogP contribution in [0, 0.1) is 5.82 Å². The van der Waals surface area contributed by atoms with E-state index in [0.29, 0.717) is 0 Å². The molecule has 0 aromatic heterocycles. The van der Waals surface area contributed by atoms with Crippen LogP contribution in [0.1, 0.15) is 39.0 Å². The highest BCUT2D eigenvalue weighted by Crippen LogP contribution is 2.19. The smallest absolute Gasteiger partial charge is 0.146 e. The number of rotatable bonds is 7. The highest BCUT2D eigenvalue weighted by molar-refractivity contribution is 5.47. The van der Waals surface area contributed by atoms with E-state index in [2.05, 4.69) is 17.1 Å². The second-order valence-electron chi connectivity index (χ2n) is 5.32. The summed E-state index contributed by atoms with van der Waals surface area (Å²) in [5.41, 5.74) is 0.728. The normalized spacial score (nSPS) is 15.9. The summed E-state index contributed by atoms with van der Waals surface area (Å²) >= 11 is 0. The molecule has 0 heterocycles. The number of para-hydroxylation sites is 1. The molecule has 106 valence electrons. The summed E-state index contributed by atoms with van der Waals surface area (Å²) in [5, 5.41) is 3.61. The largest absolute Gasteiger partial charge is 0.369 e. The summed E-state index contributed by atoms with van der Waals surface area (Å²) in [6, 6.07) is 7.77. The van der Waals surface area contributed by atoms with Crippen molar-refractivity contribution in [3.8, 4) is 0 Å². The van der Waals surface area contributed by atoms with Gasteiger partial charge in [0.05, 0.1) is 5.69 Å². The molecule has 2 rings (SSSR count). The molecule has 19 heavy (non-hydrogen) atoms. The van der Waals surface area contributed by atoms with Gasteiger partial charge in [0, 0.05) is 19.1 Å². The summed E-state index contributed by atoms with van der Waals surface area (Å²) in [6.07, 6.45) is 6.45. The van der Waals surface area contributed by atoms with Gasteiger partial charge in [-0.3, -0.25) is 0 Å². The van der Waals surface area contributed by atoms with E-state index in [4.69, 9.17) is 0 Å². The first-order valence-electron chi connectivity index (χ1n) is 7.54. The summed E-state index contributed by atoms with van der Waals surface area (Å²) < 4.78 is 13.7. The van der Waals surface area contributed by atoms with Crippen molar-refractivity contribution in [3.63, 3.8) is 0 Å². The predicted molar refractivity (Wildman–Crippen MR) is 79.2 cm³/mol. The lowest BCUT2D eigenvalue weighted by Gasteiger charge is -2.24. The predicted octanol–water partition coefficient (Wildman–Crippen LogP) is 3.57. The molecule has 2 nitrogen and oxygen atoms in total. The SMILES string of the molecule is CCN(CCCNC1CCCC1)c1ccccc1F. The van der Waals surface area contributed by atoms with Gasteiger partial charge in [-0.15, -0.1) is 0 Å². The van der Waals surface area contributed by atoms with Crippen molar-refractivity contribution in [2.75, 3.05) is 24.5 Å². The van der Waals surface area contributed by atoms with Crippen molar-refractivity contribution in [2.45, 2.75) is 45.1 Å². The molecule has 1 aliphatic carbocycles. The number of benzene rings is 1. The molecule has 0 radical (unpaired) electrons. The molecule has 0 atom stereocenters. The summed E-state index contributed by atoms with van der Waals surface area (Å²) in [7, 11) is 0. The Morgan fingerprint density at radius 3 is 2.68 bits per heavy atom. The van der Waals surface area contributed by atoms with Crippen LogP contribution in [0.3, 0.4) is 0 Å². The van der Waals surface area contributed by atoms with Crippen LogP contribution in [-0.4, -0.2) is 25.7 Å². The van der Waals surface area contributed by atoms with Crippen molar-refractivity contribution >= 4 is 5.69 Å². The number of halogens is 1. The number of anilines is 1. The fourth-order valence-corrected chi connectivity index (χ4v) is 2.86. The lowest BCUT2D eigenvalue weighted by Crippen LogP contribution is -2.31. The van der Waals surface area contributed by atoms with Crippen molar-refractivity contribution < 1.29 is 4.39 Å². The number of nitrogens with one attached hydrogen (secondary N) is 1. The molecule has 1 saturated carbocycles. The molecular weight excluding hydrogens is 239 g/mol. The Kier molecular flexibility index (Phi) is 5.64. The minimum Gasteiger partial charge on any atom is -0.369 e. The van der Waals surface area contributed by atoms with Crippen molar-refractivity contribution in [2.24, 2.45) is 0 Å². The van der Waals surface area contributed by atoms with Crippen LogP contribution in [0.5, 0.6) is 0 Å². The van der Waals surface area contributed by atoms with E-state index < -0.39 is 0 Å². The van der Waals surface area contributed by atoms with Crippen LogP contribution in [0.25, 0.3) is 0 Å². The van der Waals surface area contributed by atoms with Crippen LogP contribution in [0.15, 0.2) is 24.3 Å². The number of hydrogen-bond donors (Lipinski definition) is 1. The number of hydrogen-bond acceptors (Lipinski definition) is 2. The maximum atomic E-state index is 13.7. The minimum absolute atomic E-state index is 0.117. The third kappa shape index (κ3) is 4.20. The average Bonchev–Trinajstić information content (AvgIpc) is 2.93. The first-order valence-corrected chi connectivity index (χ1v) is 7.54. The van der Waals surface area contributed by atoms with Crippen molar-refractivity contribution in [3.05, 3.63) is 30.1 Å². The Balaban J connectivity index is 1.74. The van der Waals surface area contributed by atoms with Crippen LogP contribution < -0.4 is 10.2 Å². The molecular formula is C16H25FN2. The summed E-state index contributed by atoms with van der Waals surface area (Å²) in [6.45, 7) is 4.88. The first kappa shape index (κ1) is 14.3.